The average molecular weight is 421 g/mol. The van der Waals surface area contributed by atoms with E-state index in [-0.39, 0.29) is 11.9 Å². The molecular formula is C23H48O4S. The van der Waals surface area contributed by atoms with Crippen molar-refractivity contribution in [2.24, 2.45) is 0 Å². The first-order valence-corrected chi connectivity index (χ1v) is 13.7. The van der Waals surface area contributed by atoms with E-state index in [1.807, 2.05) is 0 Å². The van der Waals surface area contributed by atoms with Crippen molar-refractivity contribution in [3.63, 3.8) is 0 Å². The van der Waals surface area contributed by atoms with Crippen LogP contribution < -0.4 is 0 Å². The second-order valence-corrected chi connectivity index (χ2v) is 10.1. The highest BCUT2D eigenvalue weighted by Gasteiger charge is 2.05. The molecule has 170 valence electrons. The minimum Gasteiger partial charge on any atom is -0.393 e. The van der Waals surface area contributed by atoms with Crippen LogP contribution in [0.1, 0.15) is 135 Å². The van der Waals surface area contributed by atoms with Gasteiger partial charge in [0.2, 0.25) is 0 Å². The molecule has 0 aliphatic carbocycles. The van der Waals surface area contributed by atoms with Crippen molar-refractivity contribution in [2.45, 2.75) is 141 Å². The fourth-order valence-corrected chi connectivity index (χ4v) is 4.31. The summed E-state index contributed by atoms with van der Waals surface area (Å²) in [7, 11) is -3.79. The van der Waals surface area contributed by atoms with Crippen molar-refractivity contribution in [1.29, 1.82) is 0 Å². The highest BCUT2D eigenvalue weighted by atomic mass is 32.2. The molecule has 0 aromatic heterocycles. The Balaban J connectivity index is 3.20. The minimum absolute atomic E-state index is 0.120. The van der Waals surface area contributed by atoms with Crippen molar-refractivity contribution in [3.8, 4) is 0 Å². The van der Waals surface area contributed by atoms with Gasteiger partial charge >= 0.3 is 0 Å². The van der Waals surface area contributed by atoms with Crippen LogP contribution in [0.4, 0.5) is 0 Å². The van der Waals surface area contributed by atoms with Gasteiger partial charge in [-0.05, 0) is 19.3 Å². The summed E-state index contributed by atoms with van der Waals surface area (Å²) >= 11 is 0. The highest BCUT2D eigenvalue weighted by molar-refractivity contribution is 7.85. The molecule has 5 heteroatoms. The van der Waals surface area contributed by atoms with E-state index in [0.717, 1.165) is 51.4 Å². The third-order valence-electron chi connectivity index (χ3n) is 5.58. The summed E-state index contributed by atoms with van der Waals surface area (Å²) in [6, 6.07) is 0. The molecule has 1 atom stereocenters. The maximum Gasteiger partial charge on any atom is 0.264 e. The second-order valence-electron chi connectivity index (χ2n) is 8.53. The predicted molar refractivity (Wildman–Crippen MR) is 120 cm³/mol. The van der Waals surface area contributed by atoms with Crippen LogP contribution in [0, 0.1) is 0 Å². The van der Waals surface area contributed by atoms with Crippen molar-refractivity contribution in [1.82, 2.24) is 0 Å². The van der Waals surface area contributed by atoms with Crippen molar-refractivity contribution >= 4 is 10.1 Å². The van der Waals surface area contributed by atoms with Crippen LogP contribution >= 0.6 is 0 Å². The Bertz CT molecular complexity index is 409. The van der Waals surface area contributed by atoms with Gasteiger partial charge in [0.25, 0.3) is 10.1 Å². The topological polar surface area (TPSA) is 74.6 Å². The molecule has 0 heterocycles. The largest absolute Gasteiger partial charge is 0.393 e. The zero-order chi connectivity index (χ0) is 20.9. The Morgan fingerprint density at radius 2 is 0.893 bits per heavy atom. The summed E-state index contributed by atoms with van der Waals surface area (Å²) in [6.45, 7) is 2.27. The summed E-state index contributed by atoms with van der Waals surface area (Å²) in [5, 5.41) is 10.0. The molecule has 0 fully saturated rings. The Kier molecular flexibility index (Phi) is 20.1. The van der Waals surface area contributed by atoms with E-state index in [9.17, 15) is 13.5 Å². The standard InChI is InChI=1S/C23H48O4S/c1-2-3-4-5-6-7-8-9-10-11-14-17-20-23(24)21-18-15-12-13-16-19-22-28(25,26)27/h23-24H,2-22H2,1H3,(H,25,26,27). The molecule has 0 aromatic carbocycles. The zero-order valence-electron chi connectivity index (χ0n) is 18.5. The first-order valence-electron chi connectivity index (χ1n) is 12.1. The van der Waals surface area contributed by atoms with Crippen molar-refractivity contribution < 1.29 is 18.1 Å². The summed E-state index contributed by atoms with van der Waals surface area (Å²) < 4.78 is 29.8. The van der Waals surface area contributed by atoms with Crippen molar-refractivity contribution in [2.75, 3.05) is 5.75 Å². The molecule has 0 aromatic rings. The Morgan fingerprint density at radius 3 is 1.25 bits per heavy atom. The molecular weight excluding hydrogens is 372 g/mol. The fourth-order valence-electron chi connectivity index (χ4n) is 3.74. The van der Waals surface area contributed by atoms with Crippen LogP contribution in [0.25, 0.3) is 0 Å². The molecule has 0 saturated carbocycles. The second kappa shape index (κ2) is 20.2. The maximum absolute atomic E-state index is 10.6. The molecule has 2 N–H and O–H groups in total. The quantitative estimate of drug-likeness (QED) is 0.145. The molecule has 0 aliphatic heterocycles. The number of aliphatic hydroxyl groups excluding tert-OH is 1. The molecule has 1 unspecified atom stereocenters. The normalized spacial score (nSPS) is 13.1. The highest BCUT2D eigenvalue weighted by Crippen LogP contribution is 2.15. The summed E-state index contributed by atoms with van der Waals surface area (Å²) in [5.74, 6) is -0.120. The maximum atomic E-state index is 10.6. The van der Waals surface area contributed by atoms with E-state index in [2.05, 4.69) is 6.92 Å². The SMILES string of the molecule is CCCCCCCCCCCCCCC(O)CCCCCCCCS(=O)(=O)O. The van der Waals surface area contributed by atoms with Gasteiger partial charge in [0, 0.05) is 0 Å². The lowest BCUT2D eigenvalue weighted by atomic mass is 10.0. The molecule has 0 radical (unpaired) electrons. The molecule has 0 amide bonds. The molecule has 0 saturated heterocycles. The van der Waals surface area contributed by atoms with Crippen LogP contribution in [-0.2, 0) is 10.1 Å². The van der Waals surface area contributed by atoms with Gasteiger partial charge in [0.15, 0.2) is 0 Å². The summed E-state index contributed by atoms with van der Waals surface area (Å²) in [4.78, 5) is 0. The first kappa shape index (κ1) is 27.9. The van der Waals surface area contributed by atoms with Gasteiger partial charge in [-0.25, -0.2) is 0 Å². The lowest BCUT2D eigenvalue weighted by molar-refractivity contribution is 0.147. The van der Waals surface area contributed by atoms with Crippen molar-refractivity contribution in [3.05, 3.63) is 0 Å². The fraction of sp³-hybridized carbons (Fsp3) is 1.00. The summed E-state index contributed by atoms with van der Waals surface area (Å²) in [5.41, 5.74) is 0. The van der Waals surface area contributed by atoms with E-state index in [4.69, 9.17) is 4.55 Å². The number of rotatable bonds is 22. The van der Waals surface area contributed by atoms with Crippen LogP contribution in [0.2, 0.25) is 0 Å². The van der Waals surface area contributed by atoms with Gasteiger partial charge in [-0.1, -0.05) is 116 Å². The lowest BCUT2D eigenvalue weighted by Crippen LogP contribution is -2.06. The Morgan fingerprint density at radius 1 is 0.571 bits per heavy atom. The monoisotopic (exact) mass is 420 g/mol. The smallest absolute Gasteiger partial charge is 0.264 e. The minimum atomic E-state index is -3.79. The van der Waals surface area contributed by atoms with Crippen LogP contribution in [0.15, 0.2) is 0 Å². The zero-order valence-corrected chi connectivity index (χ0v) is 19.4. The molecule has 0 bridgehead atoms. The number of hydrogen-bond acceptors (Lipinski definition) is 3. The lowest BCUT2D eigenvalue weighted by Gasteiger charge is -2.10. The molecule has 0 aliphatic rings. The van der Waals surface area contributed by atoms with Crippen LogP contribution in [0.5, 0.6) is 0 Å². The predicted octanol–water partition coefficient (Wildman–Crippen LogP) is 7.06. The van der Waals surface area contributed by atoms with Gasteiger partial charge in [0.05, 0.1) is 11.9 Å². The molecule has 0 rings (SSSR count). The number of hydrogen-bond donors (Lipinski definition) is 2. The first-order chi connectivity index (χ1) is 13.5. The van der Waals surface area contributed by atoms with E-state index < -0.39 is 10.1 Å². The molecule has 0 spiro atoms. The summed E-state index contributed by atoms with van der Waals surface area (Å²) in [6.07, 6.45) is 23.5. The average Bonchev–Trinajstić information content (AvgIpc) is 2.64. The van der Waals surface area contributed by atoms with E-state index >= 15 is 0 Å². The van der Waals surface area contributed by atoms with Crippen LogP contribution in [0.3, 0.4) is 0 Å². The third-order valence-corrected chi connectivity index (χ3v) is 6.39. The van der Waals surface area contributed by atoms with Gasteiger partial charge in [-0.2, -0.15) is 8.42 Å². The van der Waals surface area contributed by atoms with Crippen LogP contribution in [-0.4, -0.2) is 29.9 Å². The number of unbranched alkanes of at least 4 members (excludes halogenated alkanes) is 16. The van der Waals surface area contributed by atoms with Gasteiger partial charge in [0.1, 0.15) is 0 Å². The Hall–Kier alpha value is -0.130. The molecule has 28 heavy (non-hydrogen) atoms. The third kappa shape index (κ3) is 23.9. The van der Waals surface area contributed by atoms with Gasteiger partial charge < -0.3 is 5.11 Å². The Labute approximate surface area is 175 Å². The van der Waals surface area contributed by atoms with Gasteiger partial charge in [-0.15, -0.1) is 0 Å². The van der Waals surface area contributed by atoms with E-state index in [1.165, 1.54) is 70.6 Å². The number of aliphatic hydroxyl groups is 1. The van der Waals surface area contributed by atoms with Gasteiger partial charge in [-0.3, -0.25) is 4.55 Å². The van der Waals surface area contributed by atoms with E-state index in [0.29, 0.717) is 6.42 Å². The van der Waals surface area contributed by atoms with E-state index in [1.54, 1.807) is 0 Å². The molecule has 4 nitrogen and oxygen atoms in total.